The Labute approximate surface area is 120 Å². The van der Waals surface area contributed by atoms with Gasteiger partial charge in [0.05, 0.1) is 4.92 Å². The van der Waals surface area contributed by atoms with Gasteiger partial charge in [-0.3, -0.25) is 14.9 Å². The molecule has 1 amide bonds. The monoisotopic (exact) mass is 301 g/mol. The van der Waals surface area contributed by atoms with Gasteiger partial charge in [-0.15, -0.1) is 0 Å². The largest absolute Gasteiger partial charge is 0.368 e. The molecule has 0 spiro atoms. The van der Waals surface area contributed by atoms with Gasteiger partial charge in [-0.05, 0) is 27.7 Å². The second kappa shape index (κ2) is 6.02. The fraction of sp³-hybridized carbons (Fsp3) is 0.462. The lowest BCUT2D eigenvalue weighted by atomic mass is 10.1. The van der Waals surface area contributed by atoms with Gasteiger partial charge in [0.2, 0.25) is 11.7 Å². The standard InChI is InChI=1S/C13H17F2N3O3/c1-7(12(19)17-13(2,3)4)16-10-6-8(14)5-9(15)11(10)18(20)21/h5-7,16H,1-4H3,(H,17,19). The average molecular weight is 301 g/mol. The first kappa shape index (κ1) is 16.8. The maximum Gasteiger partial charge on any atom is 0.327 e. The van der Waals surface area contributed by atoms with E-state index in [1.807, 2.05) is 0 Å². The predicted octanol–water partition coefficient (Wildman–Crippen LogP) is 2.59. The van der Waals surface area contributed by atoms with Gasteiger partial charge >= 0.3 is 5.69 Å². The van der Waals surface area contributed by atoms with E-state index >= 15 is 0 Å². The van der Waals surface area contributed by atoms with E-state index in [0.29, 0.717) is 6.07 Å². The van der Waals surface area contributed by atoms with Gasteiger partial charge in [0.1, 0.15) is 17.5 Å². The number of rotatable bonds is 4. The van der Waals surface area contributed by atoms with E-state index in [2.05, 4.69) is 10.6 Å². The van der Waals surface area contributed by atoms with Crippen LogP contribution in [0.3, 0.4) is 0 Å². The van der Waals surface area contributed by atoms with Crippen molar-refractivity contribution in [3.05, 3.63) is 33.9 Å². The molecule has 0 saturated heterocycles. The molecule has 0 radical (unpaired) electrons. The molecule has 0 fully saturated rings. The van der Waals surface area contributed by atoms with Crippen molar-refractivity contribution in [3.8, 4) is 0 Å². The number of anilines is 1. The highest BCUT2D eigenvalue weighted by molar-refractivity contribution is 5.85. The van der Waals surface area contributed by atoms with Crippen LogP contribution in [0.15, 0.2) is 12.1 Å². The second-order valence-corrected chi connectivity index (χ2v) is 5.65. The first-order valence-electron chi connectivity index (χ1n) is 6.23. The predicted molar refractivity (Wildman–Crippen MR) is 74.0 cm³/mol. The molecule has 116 valence electrons. The molecular weight excluding hydrogens is 284 g/mol. The van der Waals surface area contributed by atoms with Crippen molar-refractivity contribution in [1.82, 2.24) is 5.32 Å². The molecule has 0 bridgehead atoms. The summed E-state index contributed by atoms with van der Waals surface area (Å²) in [7, 11) is 0. The third-order valence-electron chi connectivity index (χ3n) is 2.47. The summed E-state index contributed by atoms with van der Waals surface area (Å²) in [4.78, 5) is 21.8. The summed E-state index contributed by atoms with van der Waals surface area (Å²) < 4.78 is 26.7. The first-order valence-corrected chi connectivity index (χ1v) is 6.23. The van der Waals surface area contributed by atoms with Crippen LogP contribution in [0.25, 0.3) is 0 Å². The summed E-state index contributed by atoms with van der Waals surface area (Å²) in [6.07, 6.45) is 0. The molecule has 1 atom stereocenters. The number of halogens is 2. The lowest BCUT2D eigenvalue weighted by Gasteiger charge is -2.24. The van der Waals surface area contributed by atoms with Crippen LogP contribution in [0.4, 0.5) is 20.2 Å². The Balaban J connectivity index is 3.02. The summed E-state index contributed by atoms with van der Waals surface area (Å²) in [5.74, 6) is -2.71. The molecule has 21 heavy (non-hydrogen) atoms. The molecule has 2 N–H and O–H groups in total. The summed E-state index contributed by atoms with van der Waals surface area (Å²) in [6, 6.07) is 0.301. The third-order valence-corrected chi connectivity index (χ3v) is 2.47. The fourth-order valence-corrected chi connectivity index (χ4v) is 1.64. The van der Waals surface area contributed by atoms with Crippen molar-refractivity contribution in [1.29, 1.82) is 0 Å². The van der Waals surface area contributed by atoms with Crippen LogP contribution >= 0.6 is 0 Å². The SMILES string of the molecule is CC(Nc1cc(F)cc(F)c1[N+](=O)[O-])C(=O)NC(C)(C)C. The maximum absolute atomic E-state index is 13.5. The molecule has 0 saturated carbocycles. The summed E-state index contributed by atoms with van der Waals surface area (Å²) in [5, 5.41) is 16.0. The van der Waals surface area contributed by atoms with Gasteiger partial charge in [-0.1, -0.05) is 0 Å². The van der Waals surface area contributed by atoms with Crippen molar-refractivity contribution in [2.75, 3.05) is 5.32 Å². The number of benzene rings is 1. The molecule has 1 aromatic carbocycles. The van der Waals surface area contributed by atoms with E-state index in [9.17, 15) is 23.7 Å². The molecule has 1 rings (SSSR count). The number of carbonyl (C=O) groups excluding carboxylic acids is 1. The third kappa shape index (κ3) is 4.66. The number of amides is 1. The Kier molecular flexibility index (Phi) is 4.82. The van der Waals surface area contributed by atoms with E-state index in [0.717, 1.165) is 6.07 Å². The van der Waals surface area contributed by atoms with Crippen LogP contribution in [-0.2, 0) is 4.79 Å². The molecule has 0 aromatic heterocycles. The van der Waals surface area contributed by atoms with Crippen LogP contribution in [0, 0.1) is 21.7 Å². The fourth-order valence-electron chi connectivity index (χ4n) is 1.64. The number of hydrogen-bond acceptors (Lipinski definition) is 4. The number of nitro groups is 1. The highest BCUT2D eigenvalue weighted by Gasteiger charge is 2.26. The highest BCUT2D eigenvalue weighted by atomic mass is 19.1. The summed E-state index contributed by atoms with van der Waals surface area (Å²) in [6.45, 7) is 6.74. The van der Waals surface area contributed by atoms with Crippen LogP contribution in [0.2, 0.25) is 0 Å². The van der Waals surface area contributed by atoms with E-state index in [-0.39, 0.29) is 5.69 Å². The molecule has 0 heterocycles. The first-order chi connectivity index (χ1) is 9.51. The number of nitrogens with zero attached hydrogens (tertiary/aromatic N) is 1. The summed E-state index contributed by atoms with van der Waals surface area (Å²) in [5.41, 5.74) is -1.77. The molecule has 0 aliphatic carbocycles. The van der Waals surface area contributed by atoms with Crippen molar-refractivity contribution in [2.24, 2.45) is 0 Å². The number of hydrogen-bond donors (Lipinski definition) is 2. The molecule has 1 aromatic rings. The van der Waals surface area contributed by atoms with Gasteiger partial charge in [0, 0.05) is 17.7 Å². The van der Waals surface area contributed by atoms with E-state index in [4.69, 9.17) is 0 Å². The normalized spacial score (nSPS) is 12.7. The zero-order valence-corrected chi connectivity index (χ0v) is 12.2. The van der Waals surface area contributed by atoms with E-state index < -0.39 is 39.7 Å². The van der Waals surface area contributed by atoms with Crippen LogP contribution in [0.1, 0.15) is 27.7 Å². The minimum atomic E-state index is -1.30. The van der Waals surface area contributed by atoms with Crippen molar-refractivity contribution in [2.45, 2.75) is 39.3 Å². The smallest absolute Gasteiger partial charge is 0.327 e. The highest BCUT2D eigenvalue weighted by Crippen LogP contribution is 2.29. The lowest BCUT2D eigenvalue weighted by Crippen LogP contribution is -2.47. The van der Waals surface area contributed by atoms with Gasteiger partial charge < -0.3 is 10.6 Å². The Morgan fingerprint density at radius 1 is 1.33 bits per heavy atom. The Morgan fingerprint density at radius 3 is 2.38 bits per heavy atom. The Morgan fingerprint density at radius 2 is 1.90 bits per heavy atom. The minimum absolute atomic E-state index is 0.381. The van der Waals surface area contributed by atoms with Gasteiger partial charge in [0.25, 0.3) is 0 Å². The summed E-state index contributed by atoms with van der Waals surface area (Å²) >= 11 is 0. The minimum Gasteiger partial charge on any atom is -0.368 e. The van der Waals surface area contributed by atoms with Gasteiger partial charge in [0.15, 0.2) is 0 Å². The van der Waals surface area contributed by atoms with Crippen LogP contribution in [-0.4, -0.2) is 22.4 Å². The number of nitro benzene ring substituents is 1. The van der Waals surface area contributed by atoms with Crippen molar-refractivity contribution in [3.63, 3.8) is 0 Å². The zero-order chi connectivity index (χ0) is 16.4. The molecule has 8 heteroatoms. The Hall–Kier alpha value is -2.25. The molecular formula is C13H17F2N3O3. The molecule has 0 aliphatic heterocycles. The quantitative estimate of drug-likeness (QED) is 0.661. The Bertz CT molecular complexity index is 571. The van der Waals surface area contributed by atoms with Gasteiger partial charge in [-0.25, -0.2) is 4.39 Å². The lowest BCUT2D eigenvalue weighted by molar-refractivity contribution is -0.386. The van der Waals surface area contributed by atoms with E-state index in [1.165, 1.54) is 6.92 Å². The molecule has 0 aliphatic rings. The van der Waals surface area contributed by atoms with E-state index in [1.54, 1.807) is 20.8 Å². The van der Waals surface area contributed by atoms with Gasteiger partial charge in [-0.2, -0.15) is 4.39 Å². The van der Waals surface area contributed by atoms with Crippen molar-refractivity contribution < 1.29 is 18.5 Å². The average Bonchev–Trinajstić information content (AvgIpc) is 2.24. The number of nitrogens with one attached hydrogen (secondary N) is 2. The number of carbonyl (C=O) groups is 1. The maximum atomic E-state index is 13.5. The molecule has 1 unspecified atom stereocenters. The topological polar surface area (TPSA) is 84.3 Å². The van der Waals surface area contributed by atoms with Crippen LogP contribution in [0.5, 0.6) is 0 Å². The van der Waals surface area contributed by atoms with Crippen molar-refractivity contribution >= 4 is 17.3 Å². The second-order valence-electron chi connectivity index (χ2n) is 5.65. The van der Waals surface area contributed by atoms with Crippen LogP contribution < -0.4 is 10.6 Å². The zero-order valence-electron chi connectivity index (χ0n) is 12.2. The molecule has 6 nitrogen and oxygen atoms in total.